The van der Waals surface area contributed by atoms with Crippen molar-refractivity contribution in [2.45, 2.75) is 52.6 Å². The highest BCUT2D eigenvalue weighted by atomic mass is 79.9. The predicted octanol–water partition coefficient (Wildman–Crippen LogP) is 3.40. The van der Waals surface area contributed by atoms with Crippen LogP contribution < -0.4 is 11.1 Å². The second-order valence-electron chi connectivity index (χ2n) is 5.29. The lowest BCUT2D eigenvalue weighted by Crippen LogP contribution is -2.49. The number of rotatable bonds is 3. The Kier molecular flexibility index (Phi) is 7.98. The molecule has 0 aliphatic carbocycles. The molecule has 1 aromatic carbocycles. The third-order valence-corrected chi connectivity index (χ3v) is 2.78. The van der Waals surface area contributed by atoms with Crippen LogP contribution in [0.5, 0.6) is 0 Å². The first-order valence-corrected chi connectivity index (χ1v) is 7.50. The van der Waals surface area contributed by atoms with Gasteiger partial charge in [-0.2, -0.15) is 0 Å². The monoisotopic (exact) mass is 346 g/mol. The second-order valence-corrected chi connectivity index (χ2v) is 6.20. The lowest BCUT2D eigenvalue weighted by atomic mass is 10.0. The maximum atomic E-state index is 13.6. The summed E-state index contributed by atoms with van der Waals surface area (Å²) in [5, 5.41) is 2.77. The highest BCUT2D eigenvalue weighted by Crippen LogP contribution is 2.16. The minimum atomic E-state index is -0.750. The zero-order valence-corrected chi connectivity index (χ0v) is 14.3. The third-order valence-electron chi connectivity index (χ3n) is 2.29. The van der Waals surface area contributed by atoms with Gasteiger partial charge in [-0.05, 0) is 44.9 Å². The molecular formula is C15H24BrFN2O. The number of hydrogen-bond acceptors (Lipinski definition) is 2. The minimum Gasteiger partial charge on any atom is -0.350 e. The molecule has 0 saturated carbocycles. The van der Waals surface area contributed by atoms with E-state index >= 15 is 0 Å². The Hall–Kier alpha value is -0.940. The molecule has 20 heavy (non-hydrogen) atoms. The minimum absolute atomic E-state index is 0.182. The van der Waals surface area contributed by atoms with E-state index < -0.39 is 6.04 Å². The standard InChI is InChI=1S/C13H18BrFN2O.C2H6/c1-13(2,3)17-12(18)11(16)6-8-4-5-9(14)7-10(8)15;1-2/h4-5,7,11H,6,16H2,1-3H3,(H,17,18);1-2H3/t11-;/m0./s1. The van der Waals surface area contributed by atoms with Crippen LogP contribution in [0.1, 0.15) is 40.2 Å². The van der Waals surface area contributed by atoms with Crippen molar-refractivity contribution in [1.29, 1.82) is 0 Å². The fourth-order valence-electron chi connectivity index (χ4n) is 1.48. The van der Waals surface area contributed by atoms with Crippen LogP contribution in [0, 0.1) is 5.82 Å². The fourth-order valence-corrected chi connectivity index (χ4v) is 1.81. The SMILES string of the molecule is CC.CC(C)(C)NC(=O)[C@@H](N)Cc1ccc(Br)cc1F. The molecule has 1 rings (SSSR count). The number of nitrogens with one attached hydrogen (secondary N) is 1. The molecule has 3 nitrogen and oxygen atoms in total. The van der Waals surface area contributed by atoms with E-state index in [-0.39, 0.29) is 23.7 Å². The van der Waals surface area contributed by atoms with Crippen molar-refractivity contribution in [2.75, 3.05) is 0 Å². The summed E-state index contributed by atoms with van der Waals surface area (Å²) < 4.78 is 14.3. The Balaban J connectivity index is 0.00000172. The van der Waals surface area contributed by atoms with E-state index in [9.17, 15) is 9.18 Å². The molecule has 1 aromatic rings. The Morgan fingerprint density at radius 1 is 1.40 bits per heavy atom. The average molecular weight is 347 g/mol. The number of hydrogen-bond donors (Lipinski definition) is 2. The predicted molar refractivity (Wildman–Crippen MR) is 85.0 cm³/mol. The van der Waals surface area contributed by atoms with Gasteiger partial charge in [-0.3, -0.25) is 4.79 Å². The molecule has 114 valence electrons. The summed E-state index contributed by atoms with van der Waals surface area (Å²) in [5.41, 5.74) is 5.87. The van der Waals surface area contributed by atoms with E-state index in [0.29, 0.717) is 10.0 Å². The zero-order valence-electron chi connectivity index (χ0n) is 12.8. The van der Waals surface area contributed by atoms with Crippen molar-refractivity contribution >= 4 is 21.8 Å². The number of carbonyl (C=O) groups excluding carboxylic acids is 1. The third kappa shape index (κ3) is 7.01. The van der Waals surface area contributed by atoms with Gasteiger partial charge in [-0.15, -0.1) is 0 Å². The van der Waals surface area contributed by atoms with Gasteiger partial charge in [0.1, 0.15) is 5.82 Å². The quantitative estimate of drug-likeness (QED) is 0.881. The smallest absolute Gasteiger partial charge is 0.237 e. The number of benzene rings is 1. The van der Waals surface area contributed by atoms with Gasteiger partial charge in [0.05, 0.1) is 6.04 Å². The van der Waals surface area contributed by atoms with E-state index in [4.69, 9.17) is 5.73 Å². The summed E-state index contributed by atoms with van der Waals surface area (Å²) in [7, 11) is 0. The van der Waals surface area contributed by atoms with Gasteiger partial charge in [0.15, 0.2) is 0 Å². The van der Waals surface area contributed by atoms with Crippen LogP contribution in [0.4, 0.5) is 4.39 Å². The van der Waals surface area contributed by atoms with Gasteiger partial charge in [-0.25, -0.2) is 4.39 Å². The molecule has 0 radical (unpaired) electrons. The largest absolute Gasteiger partial charge is 0.350 e. The Labute approximate surface area is 129 Å². The first-order valence-electron chi connectivity index (χ1n) is 6.70. The van der Waals surface area contributed by atoms with Gasteiger partial charge in [0.2, 0.25) is 5.91 Å². The highest BCUT2D eigenvalue weighted by molar-refractivity contribution is 9.10. The number of carbonyl (C=O) groups is 1. The van der Waals surface area contributed by atoms with Crippen molar-refractivity contribution in [3.05, 3.63) is 34.1 Å². The molecule has 1 atom stereocenters. The van der Waals surface area contributed by atoms with Gasteiger partial charge in [-0.1, -0.05) is 35.8 Å². The van der Waals surface area contributed by atoms with Crippen molar-refractivity contribution in [3.63, 3.8) is 0 Å². The first kappa shape index (κ1) is 19.1. The first-order chi connectivity index (χ1) is 9.19. The molecule has 5 heteroatoms. The molecule has 0 aromatic heterocycles. The molecule has 0 unspecified atom stereocenters. The number of halogens is 2. The van der Waals surface area contributed by atoms with Crippen LogP contribution >= 0.6 is 15.9 Å². The van der Waals surface area contributed by atoms with Crippen molar-refractivity contribution in [1.82, 2.24) is 5.32 Å². The van der Waals surface area contributed by atoms with Crippen LogP contribution in [0.2, 0.25) is 0 Å². The normalized spacial score (nSPS) is 12.2. The summed E-state index contributed by atoms with van der Waals surface area (Å²) in [5.74, 6) is -0.631. The summed E-state index contributed by atoms with van der Waals surface area (Å²) in [4.78, 5) is 11.8. The second kappa shape index (κ2) is 8.37. The molecule has 0 heterocycles. The summed E-state index contributed by atoms with van der Waals surface area (Å²) >= 11 is 3.18. The van der Waals surface area contributed by atoms with Crippen LogP contribution in [-0.2, 0) is 11.2 Å². The van der Waals surface area contributed by atoms with Crippen LogP contribution in [0.15, 0.2) is 22.7 Å². The van der Waals surface area contributed by atoms with Gasteiger partial charge >= 0.3 is 0 Å². The van der Waals surface area contributed by atoms with Gasteiger partial charge in [0.25, 0.3) is 0 Å². The number of nitrogens with two attached hydrogens (primary N) is 1. The molecule has 0 bridgehead atoms. The molecule has 3 N–H and O–H groups in total. The molecule has 0 spiro atoms. The fraction of sp³-hybridized carbons (Fsp3) is 0.533. The average Bonchev–Trinajstić information content (AvgIpc) is 2.33. The molecule has 1 amide bonds. The topological polar surface area (TPSA) is 55.1 Å². The van der Waals surface area contributed by atoms with Crippen LogP contribution in [-0.4, -0.2) is 17.5 Å². The molecular weight excluding hydrogens is 323 g/mol. The summed E-state index contributed by atoms with van der Waals surface area (Å²) in [6.45, 7) is 9.62. The van der Waals surface area contributed by atoms with Crippen LogP contribution in [0.3, 0.4) is 0 Å². The van der Waals surface area contributed by atoms with Crippen molar-refractivity contribution in [2.24, 2.45) is 5.73 Å². The maximum Gasteiger partial charge on any atom is 0.237 e. The van der Waals surface area contributed by atoms with Crippen molar-refractivity contribution in [3.8, 4) is 0 Å². The van der Waals surface area contributed by atoms with Gasteiger partial charge in [0, 0.05) is 10.0 Å². The lowest BCUT2D eigenvalue weighted by molar-refractivity contribution is -0.123. The Morgan fingerprint density at radius 3 is 2.40 bits per heavy atom. The van der Waals surface area contributed by atoms with Crippen LogP contribution in [0.25, 0.3) is 0 Å². The van der Waals surface area contributed by atoms with E-state index in [1.807, 2.05) is 34.6 Å². The Bertz CT molecular complexity index is 444. The summed E-state index contributed by atoms with van der Waals surface area (Å²) in [6, 6.07) is 3.97. The lowest BCUT2D eigenvalue weighted by Gasteiger charge is -2.23. The van der Waals surface area contributed by atoms with E-state index in [2.05, 4.69) is 21.2 Å². The molecule has 0 aliphatic heterocycles. The van der Waals surface area contributed by atoms with Gasteiger partial charge < -0.3 is 11.1 Å². The molecule has 0 saturated heterocycles. The Morgan fingerprint density at radius 2 is 1.95 bits per heavy atom. The maximum absolute atomic E-state index is 13.6. The van der Waals surface area contributed by atoms with E-state index in [1.54, 1.807) is 12.1 Å². The summed E-state index contributed by atoms with van der Waals surface area (Å²) in [6.07, 6.45) is 0.182. The molecule has 0 aliphatic rings. The number of amides is 1. The van der Waals surface area contributed by atoms with E-state index in [0.717, 1.165) is 0 Å². The molecule has 0 fully saturated rings. The highest BCUT2D eigenvalue weighted by Gasteiger charge is 2.20. The zero-order chi connectivity index (χ0) is 15.9. The van der Waals surface area contributed by atoms with E-state index in [1.165, 1.54) is 6.07 Å². The van der Waals surface area contributed by atoms with Crippen molar-refractivity contribution < 1.29 is 9.18 Å².